The molecule has 1 aromatic rings. The summed E-state index contributed by atoms with van der Waals surface area (Å²) >= 11 is 0. The fourth-order valence-corrected chi connectivity index (χ4v) is 1.66. The van der Waals surface area contributed by atoms with Gasteiger partial charge in [-0.1, -0.05) is 12.8 Å². The Bertz CT molecular complexity index is 548. The Labute approximate surface area is 102 Å². The summed E-state index contributed by atoms with van der Waals surface area (Å²) in [6.45, 7) is 1.61. The highest BCUT2D eigenvalue weighted by Crippen LogP contribution is 2.29. The maximum absolute atomic E-state index is 13.4. The van der Waals surface area contributed by atoms with E-state index in [4.69, 9.17) is 11.5 Å². The van der Waals surface area contributed by atoms with E-state index in [9.17, 15) is 19.3 Å². The number of halogens is 1. The molecule has 18 heavy (non-hydrogen) atoms. The zero-order valence-corrected chi connectivity index (χ0v) is 9.51. The van der Waals surface area contributed by atoms with Gasteiger partial charge in [0.15, 0.2) is 0 Å². The molecule has 0 aliphatic carbocycles. The number of nitro benzene ring substituents is 1. The molecule has 0 saturated carbocycles. The van der Waals surface area contributed by atoms with Crippen molar-refractivity contribution < 1.29 is 19.2 Å². The monoisotopic (exact) mass is 251 g/mol. The van der Waals surface area contributed by atoms with Gasteiger partial charge in [-0.15, -0.1) is 6.42 Å². The molecule has 1 atom stereocenters. The molecule has 0 aromatic heterocycles. The summed E-state index contributed by atoms with van der Waals surface area (Å²) in [4.78, 5) is 20.7. The minimum Gasteiger partial charge on any atom is -0.481 e. The standard InChI is InChI=1S/C12H10FNO4/c1-3-7-5-10(13)11(14(17)18)6-9(7)8(4-2)12(15)16/h1,5-6,8H,4H2,2H3,(H,15,16). The van der Waals surface area contributed by atoms with Crippen molar-refractivity contribution in [2.24, 2.45) is 0 Å². The molecule has 1 N–H and O–H groups in total. The van der Waals surface area contributed by atoms with E-state index < -0.39 is 28.3 Å². The van der Waals surface area contributed by atoms with Crippen molar-refractivity contribution in [1.29, 1.82) is 0 Å². The molecule has 0 heterocycles. The van der Waals surface area contributed by atoms with E-state index >= 15 is 0 Å². The minimum absolute atomic E-state index is 0.0207. The summed E-state index contributed by atoms with van der Waals surface area (Å²) in [5.74, 6) is -1.07. The lowest BCUT2D eigenvalue weighted by atomic mass is 9.91. The van der Waals surface area contributed by atoms with Crippen LogP contribution in [0.25, 0.3) is 0 Å². The van der Waals surface area contributed by atoms with Gasteiger partial charge >= 0.3 is 11.7 Å². The maximum atomic E-state index is 13.4. The van der Waals surface area contributed by atoms with E-state index in [2.05, 4.69) is 5.92 Å². The molecule has 1 unspecified atom stereocenters. The van der Waals surface area contributed by atoms with Gasteiger partial charge in [-0.25, -0.2) is 0 Å². The molecule has 0 amide bonds. The molecule has 0 fully saturated rings. The molecule has 0 spiro atoms. The number of nitro groups is 1. The van der Waals surface area contributed by atoms with Gasteiger partial charge in [-0.2, -0.15) is 4.39 Å². The van der Waals surface area contributed by atoms with Crippen LogP contribution in [0.2, 0.25) is 0 Å². The quantitative estimate of drug-likeness (QED) is 0.505. The van der Waals surface area contributed by atoms with Crippen molar-refractivity contribution in [3.8, 4) is 12.3 Å². The van der Waals surface area contributed by atoms with Crippen LogP contribution in [0.4, 0.5) is 10.1 Å². The Hall–Kier alpha value is -2.42. The molecule has 0 aliphatic heterocycles. The Morgan fingerprint density at radius 2 is 2.28 bits per heavy atom. The molecule has 0 radical (unpaired) electrons. The largest absolute Gasteiger partial charge is 0.481 e. The van der Waals surface area contributed by atoms with Gasteiger partial charge in [0.1, 0.15) is 0 Å². The van der Waals surface area contributed by atoms with Gasteiger partial charge in [-0.05, 0) is 18.1 Å². The van der Waals surface area contributed by atoms with E-state index in [-0.39, 0.29) is 17.5 Å². The van der Waals surface area contributed by atoms with Crippen LogP contribution in [-0.4, -0.2) is 16.0 Å². The first kappa shape index (κ1) is 13.6. The topological polar surface area (TPSA) is 80.4 Å². The highest BCUT2D eigenvalue weighted by molar-refractivity contribution is 5.77. The fraction of sp³-hybridized carbons (Fsp3) is 0.250. The number of carboxylic acid groups (broad SMARTS) is 1. The lowest BCUT2D eigenvalue weighted by Crippen LogP contribution is -2.13. The first-order valence-electron chi connectivity index (χ1n) is 5.09. The molecule has 94 valence electrons. The van der Waals surface area contributed by atoms with E-state index in [0.29, 0.717) is 0 Å². The van der Waals surface area contributed by atoms with Gasteiger partial charge in [0.2, 0.25) is 5.82 Å². The number of hydrogen-bond acceptors (Lipinski definition) is 3. The maximum Gasteiger partial charge on any atom is 0.311 e. The number of nitrogens with zero attached hydrogens (tertiary/aromatic N) is 1. The second-order valence-electron chi connectivity index (χ2n) is 3.59. The summed E-state index contributed by atoms with van der Waals surface area (Å²) in [6.07, 6.45) is 5.36. The first-order chi connectivity index (χ1) is 8.42. The highest BCUT2D eigenvalue weighted by atomic mass is 19.1. The van der Waals surface area contributed by atoms with Gasteiger partial charge in [0, 0.05) is 11.6 Å². The predicted molar refractivity (Wildman–Crippen MR) is 61.7 cm³/mol. The SMILES string of the molecule is C#Cc1cc(F)c([N+](=O)[O-])cc1C(CC)C(=O)O. The van der Waals surface area contributed by atoms with Crippen LogP contribution in [0.15, 0.2) is 12.1 Å². The van der Waals surface area contributed by atoms with Gasteiger partial charge in [0.05, 0.1) is 10.8 Å². The second kappa shape index (κ2) is 5.27. The molecule has 0 bridgehead atoms. The smallest absolute Gasteiger partial charge is 0.311 e. The molecule has 0 aliphatic rings. The van der Waals surface area contributed by atoms with Crippen LogP contribution >= 0.6 is 0 Å². The average molecular weight is 251 g/mol. The number of rotatable bonds is 4. The Morgan fingerprint density at radius 3 is 2.67 bits per heavy atom. The molecular weight excluding hydrogens is 241 g/mol. The number of carboxylic acids is 1. The zero-order valence-electron chi connectivity index (χ0n) is 9.51. The third-order valence-corrected chi connectivity index (χ3v) is 2.55. The third kappa shape index (κ3) is 2.46. The highest BCUT2D eigenvalue weighted by Gasteiger charge is 2.25. The second-order valence-corrected chi connectivity index (χ2v) is 3.59. The Kier molecular flexibility index (Phi) is 4.00. The van der Waals surface area contributed by atoms with Crippen LogP contribution in [-0.2, 0) is 4.79 Å². The number of terminal acetylenes is 1. The fourth-order valence-electron chi connectivity index (χ4n) is 1.66. The van der Waals surface area contributed by atoms with Crippen molar-refractivity contribution >= 4 is 11.7 Å². The molecule has 0 saturated heterocycles. The summed E-state index contributed by atoms with van der Waals surface area (Å²) in [6, 6.07) is 1.71. The molecular formula is C12H10FNO4. The van der Waals surface area contributed by atoms with Crippen LogP contribution in [0.5, 0.6) is 0 Å². The Morgan fingerprint density at radius 1 is 1.67 bits per heavy atom. The predicted octanol–water partition coefficient (Wildman–Crippen LogP) is 2.29. The van der Waals surface area contributed by atoms with Crippen molar-refractivity contribution in [1.82, 2.24) is 0 Å². The first-order valence-corrected chi connectivity index (χ1v) is 5.09. The van der Waals surface area contributed by atoms with E-state index in [1.54, 1.807) is 6.92 Å². The van der Waals surface area contributed by atoms with Crippen molar-refractivity contribution in [3.63, 3.8) is 0 Å². The van der Waals surface area contributed by atoms with Crippen molar-refractivity contribution in [3.05, 3.63) is 39.2 Å². The van der Waals surface area contributed by atoms with E-state index in [1.165, 1.54) is 0 Å². The van der Waals surface area contributed by atoms with Crippen LogP contribution in [0.3, 0.4) is 0 Å². The molecule has 1 aromatic carbocycles. The number of aliphatic carboxylic acids is 1. The van der Waals surface area contributed by atoms with Gasteiger partial charge in [-0.3, -0.25) is 14.9 Å². The number of hydrogen-bond donors (Lipinski definition) is 1. The zero-order chi connectivity index (χ0) is 13.9. The third-order valence-electron chi connectivity index (χ3n) is 2.55. The molecule has 1 rings (SSSR count). The van der Waals surface area contributed by atoms with E-state index in [1.807, 2.05) is 0 Å². The summed E-state index contributed by atoms with van der Waals surface area (Å²) in [7, 11) is 0. The van der Waals surface area contributed by atoms with Gasteiger partial charge < -0.3 is 5.11 Å². The summed E-state index contributed by atoms with van der Waals surface area (Å²) in [5.41, 5.74) is -0.670. The summed E-state index contributed by atoms with van der Waals surface area (Å²) < 4.78 is 13.4. The number of carbonyl (C=O) groups is 1. The Balaban J connectivity index is 3.51. The van der Waals surface area contributed by atoms with Crippen LogP contribution in [0.1, 0.15) is 30.4 Å². The lowest BCUT2D eigenvalue weighted by molar-refractivity contribution is -0.387. The lowest BCUT2D eigenvalue weighted by Gasteiger charge is -2.12. The summed E-state index contributed by atoms with van der Waals surface area (Å²) in [5, 5.41) is 19.6. The van der Waals surface area contributed by atoms with Crippen molar-refractivity contribution in [2.45, 2.75) is 19.3 Å². The average Bonchev–Trinajstić information content (AvgIpc) is 2.30. The number of benzene rings is 1. The van der Waals surface area contributed by atoms with Gasteiger partial charge in [0.25, 0.3) is 0 Å². The normalized spacial score (nSPS) is 11.6. The van der Waals surface area contributed by atoms with E-state index in [0.717, 1.165) is 12.1 Å². The van der Waals surface area contributed by atoms with Crippen LogP contribution in [0, 0.1) is 28.3 Å². The van der Waals surface area contributed by atoms with Crippen molar-refractivity contribution in [2.75, 3.05) is 0 Å². The minimum atomic E-state index is -1.16. The molecule has 6 heteroatoms. The van der Waals surface area contributed by atoms with Crippen LogP contribution < -0.4 is 0 Å². The molecule has 5 nitrogen and oxygen atoms in total.